The van der Waals surface area contributed by atoms with Gasteiger partial charge in [-0.15, -0.1) is 0 Å². The third kappa shape index (κ3) is 2.71. The Kier molecular flexibility index (Phi) is 3.88. The van der Waals surface area contributed by atoms with Crippen molar-refractivity contribution in [3.63, 3.8) is 0 Å². The summed E-state index contributed by atoms with van der Waals surface area (Å²) in [6, 6.07) is 7.17. The van der Waals surface area contributed by atoms with Gasteiger partial charge in [0.1, 0.15) is 0 Å². The Morgan fingerprint density at radius 1 is 1.18 bits per heavy atom. The molecular weight excluding hydrogens is 304 g/mol. The van der Waals surface area contributed by atoms with E-state index in [1.54, 1.807) is 25.1 Å². The van der Waals surface area contributed by atoms with Gasteiger partial charge in [-0.05, 0) is 19.1 Å². The van der Waals surface area contributed by atoms with Crippen molar-refractivity contribution < 1.29 is 8.42 Å². The van der Waals surface area contributed by atoms with E-state index in [0.29, 0.717) is 43.0 Å². The van der Waals surface area contributed by atoms with Gasteiger partial charge in [0.2, 0.25) is 16.0 Å². The van der Waals surface area contributed by atoms with Crippen LogP contribution in [0.25, 0.3) is 10.9 Å². The molecular formula is C14H18N4O3S. The minimum atomic E-state index is -3.16. The Hall–Kier alpha value is -1.93. The molecule has 0 atom stereocenters. The Balaban J connectivity index is 1.84. The van der Waals surface area contributed by atoms with E-state index < -0.39 is 10.0 Å². The van der Waals surface area contributed by atoms with Crippen LogP contribution in [0, 0.1) is 0 Å². The molecule has 7 nitrogen and oxygen atoms in total. The SMILES string of the molecule is CCS(=O)(=O)N1CCN(c2nc3ccccc3c(=O)[nH]2)CC1. The topological polar surface area (TPSA) is 86.4 Å². The number of fused-ring (bicyclic) bond motifs is 1. The minimum Gasteiger partial charge on any atom is -0.340 e. The molecule has 8 heteroatoms. The maximum atomic E-state index is 12.1. The summed E-state index contributed by atoms with van der Waals surface area (Å²) >= 11 is 0. The van der Waals surface area contributed by atoms with Crippen molar-refractivity contribution in [2.24, 2.45) is 0 Å². The molecule has 0 aliphatic carbocycles. The van der Waals surface area contributed by atoms with Gasteiger partial charge in [-0.25, -0.2) is 13.4 Å². The molecule has 0 saturated carbocycles. The van der Waals surface area contributed by atoms with Crippen molar-refractivity contribution in [3.05, 3.63) is 34.6 Å². The van der Waals surface area contributed by atoms with Crippen molar-refractivity contribution in [3.8, 4) is 0 Å². The number of hydrogen-bond donors (Lipinski definition) is 1. The molecule has 1 aromatic heterocycles. The first-order chi connectivity index (χ1) is 10.5. The number of piperazine rings is 1. The second kappa shape index (κ2) is 5.69. The van der Waals surface area contributed by atoms with Crippen LogP contribution in [-0.4, -0.2) is 54.6 Å². The molecule has 1 aromatic carbocycles. The van der Waals surface area contributed by atoms with Gasteiger partial charge in [-0.1, -0.05) is 12.1 Å². The Morgan fingerprint density at radius 2 is 1.86 bits per heavy atom. The molecule has 0 unspecified atom stereocenters. The summed E-state index contributed by atoms with van der Waals surface area (Å²) in [4.78, 5) is 21.2. The highest BCUT2D eigenvalue weighted by molar-refractivity contribution is 7.89. The number of aromatic amines is 1. The Bertz CT molecular complexity index is 839. The number of nitrogens with zero attached hydrogens (tertiary/aromatic N) is 3. The van der Waals surface area contributed by atoms with Crippen LogP contribution in [0.4, 0.5) is 5.95 Å². The number of hydrogen-bond acceptors (Lipinski definition) is 5. The van der Waals surface area contributed by atoms with E-state index in [-0.39, 0.29) is 11.3 Å². The van der Waals surface area contributed by atoms with Crippen LogP contribution in [-0.2, 0) is 10.0 Å². The smallest absolute Gasteiger partial charge is 0.260 e. The zero-order valence-electron chi connectivity index (χ0n) is 12.3. The number of anilines is 1. The highest BCUT2D eigenvalue weighted by Crippen LogP contribution is 2.15. The quantitative estimate of drug-likeness (QED) is 0.884. The van der Waals surface area contributed by atoms with E-state index in [9.17, 15) is 13.2 Å². The van der Waals surface area contributed by atoms with Crippen LogP contribution >= 0.6 is 0 Å². The predicted molar refractivity (Wildman–Crippen MR) is 85.6 cm³/mol. The molecule has 118 valence electrons. The lowest BCUT2D eigenvalue weighted by molar-refractivity contribution is 0.383. The molecule has 3 rings (SSSR count). The van der Waals surface area contributed by atoms with Crippen molar-refractivity contribution in [2.75, 3.05) is 36.8 Å². The molecule has 1 N–H and O–H groups in total. The van der Waals surface area contributed by atoms with Gasteiger partial charge in [0.05, 0.1) is 16.7 Å². The largest absolute Gasteiger partial charge is 0.340 e. The van der Waals surface area contributed by atoms with Gasteiger partial charge < -0.3 is 4.90 Å². The summed E-state index contributed by atoms with van der Waals surface area (Å²) < 4.78 is 25.2. The number of para-hydroxylation sites is 1. The molecule has 1 aliphatic heterocycles. The second-order valence-electron chi connectivity index (χ2n) is 5.19. The van der Waals surface area contributed by atoms with Gasteiger partial charge in [-0.2, -0.15) is 4.31 Å². The summed E-state index contributed by atoms with van der Waals surface area (Å²) in [6.07, 6.45) is 0. The fraction of sp³-hybridized carbons (Fsp3) is 0.429. The number of H-pyrrole nitrogens is 1. The third-order valence-corrected chi connectivity index (χ3v) is 5.78. The second-order valence-corrected chi connectivity index (χ2v) is 7.45. The highest BCUT2D eigenvalue weighted by atomic mass is 32.2. The third-order valence-electron chi connectivity index (χ3n) is 3.90. The van der Waals surface area contributed by atoms with Crippen LogP contribution in [0.3, 0.4) is 0 Å². The van der Waals surface area contributed by atoms with E-state index in [1.165, 1.54) is 4.31 Å². The van der Waals surface area contributed by atoms with E-state index >= 15 is 0 Å². The Morgan fingerprint density at radius 3 is 2.55 bits per heavy atom. The maximum Gasteiger partial charge on any atom is 0.260 e. The average molecular weight is 322 g/mol. The molecule has 22 heavy (non-hydrogen) atoms. The number of benzene rings is 1. The fourth-order valence-corrected chi connectivity index (χ4v) is 3.67. The van der Waals surface area contributed by atoms with E-state index in [1.807, 2.05) is 11.0 Å². The van der Waals surface area contributed by atoms with Crippen LogP contribution in [0.15, 0.2) is 29.1 Å². The first-order valence-corrected chi connectivity index (χ1v) is 8.84. The molecule has 2 aromatic rings. The molecule has 0 spiro atoms. The van der Waals surface area contributed by atoms with Gasteiger partial charge in [0.15, 0.2) is 0 Å². The van der Waals surface area contributed by atoms with Gasteiger partial charge >= 0.3 is 0 Å². The monoisotopic (exact) mass is 322 g/mol. The zero-order chi connectivity index (χ0) is 15.7. The Labute approximate surface area is 128 Å². The molecule has 1 aliphatic rings. The zero-order valence-corrected chi connectivity index (χ0v) is 13.1. The molecule has 0 amide bonds. The first-order valence-electron chi connectivity index (χ1n) is 7.23. The van der Waals surface area contributed by atoms with Crippen LogP contribution in [0.5, 0.6) is 0 Å². The summed E-state index contributed by atoms with van der Waals surface area (Å²) in [5.74, 6) is 0.607. The van der Waals surface area contributed by atoms with Gasteiger partial charge in [-0.3, -0.25) is 9.78 Å². The summed E-state index contributed by atoms with van der Waals surface area (Å²) in [5.41, 5.74) is 0.467. The van der Waals surface area contributed by atoms with E-state index in [2.05, 4.69) is 9.97 Å². The van der Waals surface area contributed by atoms with Gasteiger partial charge in [0, 0.05) is 26.2 Å². The van der Waals surface area contributed by atoms with Crippen LogP contribution in [0.2, 0.25) is 0 Å². The molecule has 1 fully saturated rings. The lowest BCUT2D eigenvalue weighted by Crippen LogP contribution is -2.49. The van der Waals surface area contributed by atoms with Crippen molar-refractivity contribution in [1.82, 2.24) is 14.3 Å². The maximum absolute atomic E-state index is 12.1. The lowest BCUT2D eigenvalue weighted by atomic mass is 10.2. The van der Waals surface area contributed by atoms with Crippen LogP contribution < -0.4 is 10.5 Å². The fourth-order valence-electron chi connectivity index (χ4n) is 2.58. The number of aromatic nitrogens is 2. The van der Waals surface area contributed by atoms with Crippen molar-refractivity contribution in [2.45, 2.75) is 6.92 Å². The normalized spacial score (nSPS) is 17.0. The van der Waals surface area contributed by atoms with Crippen molar-refractivity contribution in [1.29, 1.82) is 0 Å². The first kappa shape index (κ1) is 15.0. The lowest BCUT2D eigenvalue weighted by Gasteiger charge is -2.34. The number of sulfonamides is 1. The average Bonchev–Trinajstić information content (AvgIpc) is 2.55. The summed E-state index contributed by atoms with van der Waals surface area (Å²) in [5, 5.41) is 0.554. The highest BCUT2D eigenvalue weighted by Gasteiger charge is 2.26. The number of rotatable bonds is 3. The summed E-state index contributed by atoms with van der Waals surface area (Å²) in [7, 11) is -3.16. The molecule has 0 radical (unpaired) electrons. The molecule has 2 heterocycles. The standard InChI is InChI=1S/C14H18N4O3S/c1-2-22(20,21)18-9-7-17(8-10-18)14-15-12-6-4-3-5-11(12)13(19)16-14/h3-6H,2,7-10H2,1H3,(H,15,16,19). The van der Waals surface area contributed by atoms with Crippen LogP contribution in [0.1, 0.15) is 6.92 Å². The molecule has 0 bridgehead atoms. The predicted octanol–water partition coefficient (Wildman–Crippen LogP) is 0.395. The minimum absolute atomic E-state index is 0.109. The summed E-state index contributed by atoms with van der Waals surface area (Å²) in [6.45, 7) is 3.49. The molecule has 1 saturated heterocycles. The van der Waals surface area contributed by atoms with Gasteiger partial charge in [0.25, 0.3) is 5.56 Å². The van der Waals surface area contributed by atoms with E-state index in [0.717, 1.165) is 0 Å². The number of nitrogens with one attached hydrogen (secondary N) is 1. The van der Waals surface area contributed by atoms with Crippen molar-refractivity contribution >= 4 is 26.9 Å². The van der Waals surface area contributed by atoms with E-state index in [4.69, 9.17) is 0 Å².